The maximum Gasteiger partial charge on any atom is 0.261 e. The predicted octanol–water partition coefficient (Wildman–Crippen LogP) is 1.00. The summed E-state index contributed by atoms with van der Waals surface area (Å²) in [5.74, 6) is 2.16. The molecule has 1 aliphatic heterocycles. The molecule has 1 aliphatic carbocycles. The Morgan fingerprint density at radius 1 is 1.16 bits per heavy atom. The van der Waals surface area contributed by atoms with Crippen molar-refractivity contribution in [3.63, 3.8) is 0 Å². The van der Waals surface area contributed by atoms with Crippen LogP contribution in [-0.4, -0.2) is 63.7 Å². The fourth-order valence-electron chi connectivity index (χ4n) is 3.43. The number of methoxy groups -OCH3 is 1. The van der Waals surface area contributed by atoms with Gasteiger partial charge in [0.25, 0.3) is 5.91 Å². The van der Waals surface area contributed by atoms with Gasteiger partial charge < -0.3 is 14.5 Å². The number of amides is 1. The van der Waals surface area contributed by atoms with E-state index in [9.17, 15) is 4.79 Å². The van der Waals surface area contributed by atoms with E-state index in [1.165, 1.54) is 25.6 Å². The minimum atomic E-state index is -0.0201. The summed E-state index contributed by atoms with van der Waals surface area (Å²) >= 11 is 0. The molecule has 4 rings (SSSR count). The lowest BCUT2D eigenvalue weighted by atomic mass is 10.2. The second kappa shape index (κ2) is 6.09. The Kier molecular flexibility index (Phi) is 3.89. The molecule has 2 aromatic rings. The van der Waals surface area contributed by atoms with Crippen molar-refractivity contribution in [1.29, 1.82) is 0 Å². The summed E-state index contributed by atoms with van der Waals surface area (Å²) in [6.45, 7) is 2.97. The van der Waals surface area contributed by atoms with Crippen LogP contribution in [0, 0.1) is 0 Å². The molecule has 0 radical (unpaired) electrons. The van der Waals surface area contributed by atoms with Crippen LogP contribution in [-0.2, 0) is 14.1 Å². The molecule has 1 saturated carbocycles. The normalized spacial score (nSPS) is 17.9. The summed E-state index contributed by atoms with van der Waals surface area (Å²) in [5, 5.41) is 8.81. The second-order valence-electron chi connectivity index (χ2n) is 6.83. The molecule has 0 aromatic carbocycles. The maximum atomic E-state index is 12.8. The SMILES string of the molecule is COc1nn(C)cc1C(=O)N1CCN(c2cc(C3CC3)nn2C)CC1. The molecule has 0 N–H and O–H groups in total. The largest absolute Gasteiger partial charge is 0.479 e. The summed E-state index contributed by atoms with van der Waals surface area (Å²) in [6, 6.07) is 2.21. The van der Waals surface area contributed by atoms with E-state index in [0.29, 0.717) is 30.5 Å². The fraction of sp³-hybridized carbons (Fsp3) is 0.588. The van der Waals surface area contributed by atoms with E-state index < -0.39 is 0 Å². The number of carbonyl (C=O) groups excluding carboxylic acids is 1. The van der Waals surface area contributed by atoms with Crippen molar-refractivity contribution in [2.45, 2.75) is 18.8 Å². The van der Waals surface area contributed by atoms with Gasteiger partial charge in [-0.2, -0.15) is 5.10 Å². The van der Waals surface area contributed by atoms with Gasteiger partial charge in [-0.1, -0.05) is 0 Å². The Bertz CT molecular complexity index is 783. The Hall–Kier alpha value is -2.51. The zero-order valence-corrected chi connectivity index (χ0v) is 15.0. The molecule has 1 saturated heterocycles. The fourth-order valence-corrected chi connectivity index (χ4v) is 3.43. The Morgan fingerprint density at radius 3 is 2.52 bits per heavy atom. The molecule has 8 nitrogen and oxygen atoms in total. The first-order valence-corrected chi connectivity index (χ1v) is 8.72. The summed E-state index contributed by atoms with van der Waals surface area (Å²) in [4.78, 5) is 16.9. The van der Waals surface area contributed by atoms with Crippen molar-refractivity contribution in [3.8, 4) is 5.88 Å². The molecule has 1 amide bonds. The Labute approximate surface area is 147 Å². The van der Waals surface area contributed by atoms with E-state index in [1.807, 2.05) is 16.6 Å². The van der Waals surface area contributed by atoms with E-state index >= 15 is 0 Å². The van der Waals surface area contributed by atoms with Crippen molar-refractivity contribution in [3.05, 3.63) is 23.5 Å². The van der Waals surface area contributed by atoms with Crippen molar-refractivity contribution in [2.75, 3.05) is 38.2 Å². The average molecular weight is 344 g/mol. The molecule has 0 unspecified atom stereocenters. The summed E-state index contributed by atoms with van der Waals surface area (Å²) in [6.07, 6.45) is 4.23. The van der Waals surface area contributed by atoms with Gasteiger partial charge >= 0.3 is 0 Å². The molecular formula is C17H24N6O2. The van der Waals surface area contributed by atoms with Crippen LogP contribution in [0.2, 0.25) is 0 Å². The monoisotopic (exact) mass is 344 g/mol. The van der Waals surface area contributed by atoms with Gasteiger partial charge in [0.15, 0.2) is 0 Å². The molecule has 25 heavy (non-hydrogen) atoms. The molecule has 0 atom stereocenters. The number of piperazine rings is 1. The van der Waals surface area contributed by atoms with Gasteiger partial charge in [-0.3, -0.25) is 14.2 Å². The average Bonchev–Trinajstić information content (AvgIpc) is 3.30. The number of aromatic nitrogens is 4. The van der Waals surface area contributed by atoms with Crippen molar-refractivity contribution < 1.29 is 9.53 Å². The molecule has 134 valence electrons. The highest BCUT2D eigenvalue weighted by molar-refractivity contribution is 5.96. The van der Waals surface area contributed by atoms with Gasteiger partial charge in [0.1, 0.15) is 11.4 Å². The summed E-state index contributed by atoms with van der Waals surface area (Å²) < 4.78 is 8.79. The molecule has 8 heteroatoms. The van der Waals surface area contributed by atoms with Crippen LogP contribution >= 0.6 is 0 Å². The van der Waals surface area contributed by atoms with Crippen molar-refractivity contribution in [1.82, 2.24) is 24.5 Å². The van der Waals surface area contributed by atoms with Gasteiger partial charge in [0, 0.05) is 58.5 Å². The molecule has 0 spiro atoms. The second-order valence-corrected chi connectivity index (χ2v) is 6.83. The molecule has 2 fully saturated rings. The highest BCUT2D eigenvalue weighted by Crippen LogP contribution is 2.40. The lowest BCUT2D eigenvalue weighted by Crippen LogP contribution is -2.49. The third kappa shape index (κ3) is 2.96. The zero-order chi connectivity index (χ0) is 17.6. The van der Waals surface area contributed by atoms with Crippen LogP contribution in [0.15, 0.2) is 12.3 Å². The summed E-state index contributed by atoms with van der Waals surface area (Å²) in [5.41, 5.74) is 1.73. The van der Waals surface area contributed by atoms with Crippen molar-refractivity contribution in [2.24, 2.45) is 14.1 Å². The number of rotatable bonds is 4. The number of ether oxygens (including phenoxy) is 1. The van der Waals surface area contributed by atoms with Crippen LogP contribution in [0.1, 0.15) is 34.8 Å². The first-order chi connectivity index (χ1) is 12.1. The van der Waals surface area contributed by atoms with E-state index in [4.69, 9.17) is 4.74 Å². The van der Waals surface area contributed by atoms with Gasteiger partial charge in [-0.15, -0.1) is 5.10 Å². The molecule has 2 aromatic heterocycles. The van der Waals surface area contributed by atoms with Gasteiger partial charge in [-0.05, 0) is 12.8 Å². The van der Waals surface area contributed by atoms with Gasteiger partial charge in [-0.25, -0.2) is 0 Å². The third-order valence-corrected chi connectivity index (χ3v) is 4.98. The zero-order valence-electron chi connectivity index (χ0n) is 15.0. The first-order valence-electron chi connectivity index (χ1n) is 8.72. The lowest BCUT2D eigenvalue weighted by molar-refractivity contribution is 0.0743. The number of nitrogens with zero attached hydrogens (tertiary/aromatic N) is 6. The minimum absolute atomic E-state index is 0.0201. The Balaban J connectivity index is 1.43. The number of aryl methyl sites for hydroxylation is 2. The van der Waals surface area contributed by atoms with Crippen LogP contribution in [0.3, 0.4) is 0 Å². The number of carbonyl (C=O) groups is 1. The quantitative estimate of drug-likeness (QED) is 0.828. The molecule has 0 bridgehead atoms. The summed E-state index contributed by atoms with van der Waals surface area (Å²) in [7, 11) is 5.33. The van der Waals surface area contributed by atoms with Crippen LogP contribution < -0.4 is 9.64 Å². The van der Waals surface area contributed by atoms with Crippen LogP contribution in [0.5, 0.6) is 5.88 Å². The molecule has 3 heterocycles. The smallest absolute Gasteiger partial charge is 0.261 e. The van der Waals surface area contributed by atoms with Gasteiger partial charge in [0.05, 0.1) is 12.8 Å². The molecule has 2 aliphatic rings. The topological polar surface area (TPSA) is 68.4 Å². The standard InChI is InChI=1S/C17H24N6O2/c1-20-11-13(16(19-20)25-3)17(24)23-8-6-22(7-9-23)15-10-14(12-4-5-12)18-21(15)2/h10-12H,4-9H2,1-3H3. The van der Waals surface area contributed by atoms with Crippen LogP contribution in [0.25, 0.3) is 0 Å². The van der Waals surface area contributed by atoms with E-state index in [0.717, 1.165) is 18.9 Å². The Morgan fingerprint density at radius 2 is 1.88 bits per heavy atom. The lowest BCUT2D eigenvalue weighted by Gasteiger charge is -2.35. The highest BCUT2D eigenvalue weighted by Gasteiger charge is 2.30. The number of anilines is 1. The number of hydrogen-bond acceptors (Lipinski definition) is 5. The van der Waals surface area contributed by atoms with E-state index in [2.05, 4.69) is 21.2 Å². The number of hydrogen-bond donors (Lipinski definition) is 0. The maximum absolute atomic E-state index is 12.8. The van der Waals surface area contributed by atoms with E-state index in [-0.39, 0.29) is 5.91 Å². The third-order valence-electron chi connectivity index (χ3n) is 4.98. The van der Waals surface area contributed by atoms with Crippen molar-refractivity contribution >= 4 is 11.7 Å². The molecular weight excluding hydrogens is 320 g/mol. The van der Waals surface area contributed by atoms with Crippen LogP contribution in [0.4, 0.5) is 5.82 Å². The highest BCUT2D eigenvalue weighted by atomic mass is 16.5. The predicted molar refractivity (Wildman–Crippen MR) is 93.1 cm³/mol. The first kappa shape index (κ1) is 16.0. The minimum Gasteiger partial charge on any atom is -0.479 e. The van der Waals surface area contributed by atoms with Gasteiger partial charge in [0.2, 0.25) is 5.88 Å². The van der Waals surface area contributed by atoms with E-state index in [1.54, 1.807) is 17.9 Å².